The summed E-state index contributed by atoms with van der Waals surface area (Å²) in [4.78, 5) is 11.6. The fourth-order valence-electron chi connectivity index (χ4n) is 3.83. The number of fused-ring (bicyclic) bond motifs is 2. The molecular weight excluding hydrogens is 350 g/mol. The first-order valence-corrected chi connectivity index (χ1v) is 8.50. The lowest BCUT2D eigenvalue weighted by Gasteiger charge is -2.43. The van der Waals surface area contributed by atoms with Crippen molar-refractivity contribution in [1.29, 1.82) is 5.26 Å². The van der Waals surface area contributed by atoms with Gasteiger partial charge in [0, 0.05) is 47.9 Å². The van der Waals surface area contributed by atoms with Crippen molar-refractivity contribution in [3.63, 3.8) is 0 Å². The highest BCUT2D eigenvalue weighted by Gasteiger charge is 2.40. The fraction of sp³-hybridized carbons (Fsp3) is 0.211. The number of rotatable bonds is 3. The highest BCUT2D eigenvalue weighted by atomic mass is 19.2. The Morgan fingerprint density at radius 1 is 1.19 bits per heavy atom. The number of H-pyrrole nitrogens is 1. The molecule has 4 heterocycles. The lowest BCUT2D eigenvalue weighted by Crippen LogP contribution is -2.60. The third-order valence-electron chi connectivity index (χ3n) is 5.28. The van der Waals surface area contributed by atoms with Gasteiger partial charge in [-0.3, -0.25) is 0 Å². The number of hydrogen-bond acceptors (Lipinski definition) is 4. The Kier molecular flexibility index (Phi) is 3.29. The van der Waals surface area contributed by atoms with E-state index in [-0.39, 0.29) is 6.42 Å². The summed E-state index contributed by atoms with van der Waals surface area (Å²) in [6.45, 7) is 1.18. The summed E-state index contributed by atoms with van der Waals surface area (Å²) in [6, 6.07) is 6.46. The Hall–Kier alpha value is -3.31. The second-order valence-electron chi connectivity index (χ2n) is 6.82. The molecule has 0 bridgehead atoms. The molecule has 0 unspecified atom stereocenters. The number of benzene rings is 1. The van der Waals surface area contributed by atoms with Gasteiger partial charge in [0.05, 0.1) is 29.2 Å². The zero-order valence-electron chi connectivity index (χ0n) is 14.1. The van der Waals surface area contributed by atoms with Gasteiger partial charge in [-0.25, -0.2) is 18.7 Å². The first-order valence-electron chi connectivity index (χ1n) is 8.50. The average Bonchev–Trinajstić information content (AvgIpc) is 3.24. The van der Waals surface area contributed by atoms with Crippen LogP contribution in [0.3, 0.4) is 0 Å². The van der Waals surface area contributed by atoms with E-state index in [0.29, 0.717) is 40.9 Å². The molecule has 5 rings (SSSR count). The molecule has 1 aliphatic rings. The molecule has 1 saturated heterocycles. The summed E-state index contributed by atoms with van der Waals surface area (Å²) in [5.74, 6) is -1.83. The topological polar surface area (TPSA) is 82.3 Å². The normalized spacial score (nSPS) is 15.7. The van der Waals surface area contributed by atoms with E-state index in [2.05, 4.69) is 26.3 Å². The van der Waals surface area contributed by atoms with Crippen LogP contribution in [0.15, 0.2) is 36.9 Å². The molecule has 0 amide bonds. The molecule has 1 aromatic carbocycles. The van der Waals surface area contributed by atoms with Crippen LogP contribution in [-0.4, -0.2) is 32.6 Å². The van der Waals surface area contributed by atoms with Crippen LogP contribution in [0, 0.1) is 23.0 Å². The van der Waals surface area contributed by atoms with Crippen molar-refractivity contribution >= 4 is 21.9 Å². The predicted octanol–water partition coefficient (Wildman–Crippen LogP) is 3.07. The summed E-state index contributed by atoms with van der Waals surface area (Å²) in [5.41, 5.74) is 2.04. The predicted molar refractivity (Wildman–Crippen MR) is 95.8 cm³/mol. The Morgan fingerprint density at radius 3 is 2.74 bits per heavy atom. The molecule has 0 saturated carbocycles. The average molecular weight is 364 g/mol. The maximum atomic E-state index is 14.1. The molecule has 0 spiro atoms. The molecular formula is C19H14F2N6. The Morgan fingerprint density at radius 2 is 2.00 bits per heavy atom. The number of aromatic nitrogens is 4. The van der Waals surface area contributed by atoms with Gasteiger partial charge in [-0.15, -0.1) is 0 Å². The van der Waals surface area contributed by atoms with Gasteiger partial charge in [0.2, 0.25) is 0 Å². The Labute approximate surface area is 152 Å². The van der Waals surface area contributed by atoms with Gasteiger partial charge in [-0.05, 0) is 12.1 Å². The molecule has 27 heavy (non-hydrogen) atoms. The number of halogens is 2. The third-order valence-corrected chi connectivity index (χ3v) is 5.28. The van der Waals surface area contributed by atoms with Crippen LogP contribution in [0.1, 0.15) is 6.42 Å². The molecule has 8 heteroatoms. The number of nitrogens with one attached hydrogen (secondary N) is 2. The molecule has 1 fully saturated rings. The minimum atomic E-state index is -0.915. The summed E-state index contributed by atoms with van der Waals surface area (Å²) >= 11 is 0. The minimum absolute atomic E-state index is 0.269. The van der Waals surface area contributed by atoms with E-state index in [1.54, 1.807) is 6.20 Å². The highest BCUT2D eigenvalue weighted by Crippen LogP contribution is 2.39. The molecule has 0 atom stereocenters. The van der Waals surface area contributed by atoms with Crippen LogP contribution in [-0.2, 0) is 5.54 Å². The molecule has 0 aliphatic carbocycles. The van der Waals surface area contributed by atoms with Crippen molar-refractivity contribution in [2.45, 2.75) is 12.0 Å². The zero-order chi connectivity index (χ0) is 18.6. The maximum absolute atomic E-state index is 14.1. The smallest absolute Gasteiger partial charge is 0.160 e. The van der Waals surface area contributed by atoms with Crippen LogP contribution in [0.2, 0.25) is 0 Å². The molecule has 4 aromatic rings. The SMILES string of the molecule is N#CCC1(n2cc(-c3ncnc4[nH]ccc34)c3cc(F)c(F)cc32)CNC1. The van der Waals surface area contributed by atoms with Crippen molar-refractivity contribution in [2.24, 2.45) is 0 Å². The van der Waals surface area contributed by atoms with Crippen LogP contribution in [0.5, 0.6) is 0 Å². The Balaban J connectivity index is 1.85. The minimum Gasteiger partial charge on any atom is -0.346 e. The van der Waals surface area contributed by atoms with Crippen LogP contribution in [0.25, 0.3) is 33.2 Å². The van der Waals surface area contributed by atoms with Crippen molar-refractivity contribution < 1.29 is 8.78 Å². The molecule has 6 nitrogen and oxygen atoms in total. The molecule has 134 valence electrons. The second kappa shape index (κ2) is 5.59. The summed E-state index contributed by atoms with van der Waals surface area (Å²) < 4.78 is 30.0. The number of aromatic amines is 1. The lowest BCUT2D eigenvalue weighted by atomic mass is 9.88. The van der Waals surface area contributed by atoms with E-state index in [0.717, 1.165) is 5.39 Å². The zero-order valence-corrected chi connectivity index (χ0v) is 14.1. The van der Waals surface area contributed by atoms with E-state index in [1.165, 1.54) is 18.5 Å². The second-order valence-corrected chi connectivity index (χ2v) is 6.82. The fourth-order valence-corrected chi connectivity index (χ4v) is 3.83. The van der Waals surface area contributed by atoms with Gasteiger partial charge in [0.1, 0.15) is 12.0 Å². The number of nitrogens with zero attached hydrogens (tertiary/aromatic N) is 4. The summed E-state index contributed by atoms with van der Waals surface area (Å²) in [6.07, 6.45) is 5.31. The van der Waals surface area contributed by atoms with Gasteiger partial charge in [-0.2, -0.15) is 5.26 Å². The molecule has 0 radical (unpaired) electrons. The van der Waals surface area contributed by atoms with E-state index < -0.39 is 17.2 Å². The third kappa shape index (κ3) is 2.18. The van der Waals surface area contributed by atoms with Gasteiger partial charge in [-0.1, -0.05) is 0 Å². The first-order chi connectivity index (χ1) is 13.1. The van der Waals surface area contributed by atoms with Crippen molar-refractivity contribution in [2.75, 3.05) is 13.1 Å². The quantitative estimate of drug-likeness (QED) is 0.585. The molecule has 3 aromatic heterocycles. The highest BCUT2D eigenvalue weighted by molar-refractivity contribution is 6.02. The van der Waals surface area contributed by atoms with Crippen molar-refractivity contribution in [3.8, 4) is 17.3 Å². The van der Waals surface area contributed by atoms with Crippen LogP contribution >= 0.6 is 0 Å². The van der Waals surface area contributed by atoms with Crippen LogP contribution < -0.4 is 5.32 Å². The molecule has 1 aliphatic heterocycles. The van der Waals surface area contributed by atoms with Gasteiger partial charge >= 0.3 is 0 Å². The monoisotopic (exact) mass is 364 g/mol. The van der Waals surface area contributed by atoms with Gasteiger partial charge < -0.3 is 14.9 Å². The Bertz CT molecular complexity index is 1230. The maximum Gasteiger partial charge on any atom is 0.160 e. The van der Waals surface area contributed by atoms with Gasteiger partial charge in [0.15, 0.2) is 11.6 Å². The standard InChI is InChI=1S/C19H14F2N6/c20-14-5-12-13(17-11-1-4-24-18(11)26-10-25-17)7-27(16(12)6-15(14)21)19(2-3-22)8-23-9-19/h1,4-7,10,23H,2,8-9H2,(H,24,25,26). The van der Waals surface area contributed by atoms with Crippen LogP contribution in [0.4, 0.5) is 8.78 Å². The van der Waals surface area contributed by atoms with Crippen molar-refractivity contribution in [3.05, 3.63) is 48.6 Å². The van der Waals surface area contributed by atoms with E-state index in [9.17, 15) is 14.0 Å². The largest absolute Gasteiger partial charge is 0.346 e. The number of nitriles is 1. The van der Waals surface area contributed by atoms with Gasteiger partial charge in [0.25, 0.3) is 0 Å². The summed E-state index contributed by atoms with van der Waals surface area (Å²) in [5, 5.41) is 13.8. The lowest BCUT2D eigenvalue weighted by molar-refractivity contribution is 0.187. The van der Waals surface area contributed by atoms with E-state index in [4.69, 9.17) is 0 Å². The van der Waals surface area contributed by atoms with E-state index >= 15 is 0 Å². The van der Waals surface area contributed by atoms with Crippen molar-refractivity contribution in [1.82, 2.24) is 24.8 Å². The van der Waals surface area contributed by atoms with E-state index in [1.807, 2.05) is 16.8 Å². The number of hydrogen-bond donors (Lipinski definition) is 2. The first kappa shape index (κ1) is 15.9. The summed E-state index contributed by atoms with van der Waals surface area (Å²) in [7, 11) is 0. The molecule has 2 N–H and O–H groups in total.